The molecule has 1 unspecified atom stereocenters. The SMILES string of the molecule is C/C1=C/C[C@@H]2C[C@@H](C[C@]3(O2)O[C@H](C)[C@@H](C)[C@H](OC(=O)C(C)CC(C)C)[C@H]3O)OC(=O)[C@@H]2C=C(COC(=O)c3ccc[nH]3)[C@@H](O)[C@H]3OC/C(=C/C=C\[C@H](C)C1)[C@]32O. The largest absolute Gasteiger partial charge is 0.462 e. The molecular weight excluding hydrogens is 722 g/mol. The standard InChI is InChI=1S/C43H59NO12/c1-23(2)16-26(5)39(47)54-36-27(6)28(7)55-42(37(36)46)20-32-19-31(56-42)14-13-25(4)17-24(3)10-8-11-30-22-51-38-35(45)29(18-33(40(48)53-32)43(30,38)50)21-52-41(49)34-12-9-15-44-34/h8-13,15,18,23-24,26-28,31-33,35-38,44-46,50H,14,16-17,19-22H2,1-7H3/b10-8-,25-13-,30-11-/t24-,26?,27+,28+,31+,32-,33-,35+,36-,37+,38+,42+,43+/m0/s1. The summed E-state index contributed by atoms with van der Waals surface area (Å²) in [7, 11) is 0. The van der Waals surface area contributed by atoms with Crippen LogP contribution >= 0.6 is 0 Å². The number of nitrogens with one attached hydrogen (secondary N) is 1. The Hall–Kier alpha value is -3.59. The Labute approximate surface area is 329 Å². The molecule has 13 heteroatoms. The average Bonchev–Trinajstić information content (AvgIpc) is 3.80. The summed E-state index contributed by atoms with van der Waals surface area (Å²) in [4.78, 5) is 43.3. The molecule has 1 aromatic heterocycles. The molecule has 4 aliphatic heterocycles. The highest BCUT2D eigenvalue weighted by Gasteiger charge is 2.62. The van der Waals surface area contributed by atoms with Crippen LogP contribution in [0.1, 0.15) is 91.1 Å². The Kier molecular flexibility index (Phi) is 12.8. The Morgan fingerprint density at radius 3 is 2.59 bits per heavy atom. The van der Waals surface area contributed by atoms with Crippen molar-refractivity contribution in [2.24, 2.45) is 29.6 Å². The first-order chi connectivity index (χ1) is 26.5. The van der Waals surface area contributed by atoms with Crippen molar-refractivity contribution in [3.8, 4) is 0 Å². The predicted octanol–water partition coefficient (Wildman–Crippen LogP) is 4.87. The van der Waals surface area contributed by atoms with Crippen molar-refractivity contribution in [1.29, 1.82) is 0 Å². The summed E-state index contributed by atoms with van der Waals surface area (Å²) in [6.07, 6.45) is 5.65. The lowest BCUT2D eigenvalue weighted by molar-refractivity contribution is -0.383. The predicted molar refractivity (Wildman–Crippen MR) is 204 cm³/mol. The van der Waals surface area contributed by atoms with E-state index in [9.17, 15) is 29.7 Å². The number of hydrogen-bond acceptors (Lipinski definition) is 12. The number of ether oxygens (including phenoxy) is 6. The normalized spacial score (nSPS) is 40.6. The zero-order valence-corrected chi connectivity index (χ0v) is 33.5. The molecule has 308 valence electrons. The van der Waals surface area contributed by atoms with E-state index in [-0.39, 0.29) is 61.0 Å². The van der Waals surface area contributed by atoms with E-state index in [0.717, 1.165) is 12.0 Å². The number of rotatable bonds is 7. The van der Waals surface area contributed by atoms with Crippen LogP contribution in [0.3, 0.4) is 0 Å². The topological polar surface area (TPSA) is 183 Å². The molecule has 4 N–H and O–H groups in total. The van der Waals surface area contributed by atoms with Gasteiger partial charge in [0.1, 0.15) is 54.3 Å². The molecule has 0 aromatic carbocycles. The molecule has 0 radical (unpaired) electrons. The van der Waals surface area contributed by atoms with E-state index in [1.54, 1.807) is 24.4 Å². The minimum atomic E-state index is -2.00. The number of aromatic nitrogens is 1. The summed E-state index contributed by atoms with van der Waals surface area (Å²) in [6.45, 7) is 13.3. The van der Waals surface area contributed by atoms with Crippen molar-refractivity contribution in [3.63, 3.8) is 0 Å². The number of fused-ring (bicyclic) bond motifs is 2. The van der Waals surface area contributed by atoms with E-state index in [1.165, 1.54) is 6.08 Å². The van der Waals surface area contributed by atoms with Crippen LogP contribution in [0, 0.1) is 29.6 Å². The molecule has 0 saturated carbocycles. The number of H-pyrrole nitrogens is 1. The fourth-order valence-electron chi connectivity index (χ4n) is 8.88. The summed E-state index contributed by atoms with van der Waals surface area (Å²) in [6, 6.07) is 3.20. The molecule has 56 heavy (non-hydrogen) atoms. The third-order valence-corrected chi connectivity index (χ3v) is 12.0. The number of esters is 3. The monoisotopic (exact) mass is 781 g/mol. The minimum Gasteiger partial charge on any atom is -0.462 e. The minimum absolute atomic E-state index is 0.0580. The highest BCUT2D eigenvalue weighted by Crippen LogP contribution is 2.48. The first-order valence-corrected chi connectivity index (χ1v) is 20.0. The molecule has 1 spiro atoms. The van der Waals surface area contributed by atoms with Gasteiger partial charge in [0.05, 0.1) is 24.7 Å². The van der Waals surface area contributed by atoms with Crippen LogP contribution in [0.25, 0.3) is 0 Å². The average molecular weight is 782 g/mol. The fraction of sp³-hybridized carbons (Fsp3) is 0.651. The van der Waals surface area contributed by atoms with Gasteiger partial charge in [0.25, 0.3) is 0 Å². The number of aliphatic hydroxyl groups is 3. The third-order valence-electron chi connectivity index (χ3n) is 12.0. The van der Waals surface area contributed by atoms with Crippen LogP contribution in [0.2, 0.25) is 0 Å². The summed E-state index contributed by atoms with van der Waals surface area (Å²) in [5.41, 5.74) is -0.108. The smallest absolute Gasteiger partial charge is 0.355 e. The van der Waals surface area contributed by atoms with Crippen LogP contribution in [0.5, 0.6) is 0 Å². The summed E-state index contributed by atoms with van der Waals surface area (Å²) in [5.74, 6) is -5.30. The van der Waals surface area contributed by atoms with Gasteiger partial charge in [-0.05, 0) is 68.2 Å². The number of aromatic amines is 1. The second-order valence-electron chi connectivity index (χ2n) is 17.0. The van der Waals surface area contributed by atoms with Gasteiger partial charge in [0.2, 0.25) is 5.79 Å². The number of aliphatic hydroxyl groups excluding tert-OH is 2. The van der Waals surface area contributed by atoms with E-state index in [2.05, 4.69) is 18.0 Å². The van der Waals surface area contributed by atoms with E-state index < -0.39 is 77.9 Å². The third kappa shape index (κ3) is 8.63. The van der Waals surface area contributed by atoms with Gasteiger partial charge in [-0.25, -0.2) is 4.79 Å². The van der Waals surface area contributed by atoms with E-state index in [1.807, 2.05) is 53.7 Å². The lowest BCUT2D eigenvalue weighted by atomic mass is 9.70. The van der Waals surface area contributed by atoms with Crippen molar-refractivity contribution in [2.75, 3.05) is 13.2 Å². The highest BCUT2D eigenvalue weighted by atomic mass is 16.7. The number of carbonyl (C=O) groups is 3. The van der Waals surface area contributed by atoms with Gasteiger partial charge in [-0.3, -0.25) is 9.59 Å². The van der Waals surface area contributed by atoms with Gasteiger partial charge < -0.3 is 48.7 Å². The molecule has 0 amide bonds. The number of allylic oxidation sites excluding steroid dienone is 4. The maximum atomic E-state index is 14.5. The van der Waals surface area contributed by atoms with Crippen LogP contribution in [-0.4, -0.2) is 106 Å². The van der Waals surface area contributed by atoms with Gasteiger partial charge in [0.15, 0.2) is 0 Å². The van der Waals surface area contributed by atoms with E-state index >= 15 is 0 Å². The molecule has 3 saturated heterocycles. The Morgan fingerprint density at radius 1 is 1.11 bits per heavy atom. The molecule has 1 aliphatic carbocycles. The lowest BCUT2D eigenvalue weighted by Crippen LogP contribution is -2.67. The molecule has 3 fully saturated rings. The first kappa shape index (κ1) is 42.0. The number of hydrogen-bond donors (Lipinski definition) is 4. The summed E-state index contributed by atoms with van der Waals surface area (Å²) >= 11 is 0. The van der Waals surface area contributed by atoms with Gasteiger partial charge in [-0.2, -0.15) is 0 Å². The summed E-state index contributed by atoms with van der Waals surface area (Å²) < 4.78 is 37.0. The molecular formula is C43H59NO12. The maximum Gasteiger partial charge on any atom is 0.355 e. The maximum absolute atomic E-state index is 14.5. The lowest BCUT2D eigenvalue weighted by Gasteiger charge is -2.53. The molecule has 1 aromatic rings. The molecule has 5 aliphatic rings. The van der Waals surface area contributed by atoms with Crippen molar-refractivity contribution in [3.05, 3.63) is 71.1 Å². The van der Waals surface area contributed by atoms with Crippen LogP contribution in [0.15, 0.2) is 65.4 Å². The Bertz CT molecular complexity index is 1710. The van der Waals surface area contributed by atoms with Crippen molar-refractivity contribution in [2.45, 2.75) is 135 Å². The zero-order valence-electron chi connectivity index (χ0n) is 33.5. The van der Waals surface area contributed by atoms with Gasteiger partial charge in [0, 0.05) is 25.0 Å². The Balaban J connectivity index is 1.35. The molecule has 2 bridgehead atoms. The quantitative estimate of drug-likeness (QED) is 0.168. The highest BCUT2D eigenvalue weighted by molar-refractivity contribution is 5.87. The van der Waals surface area contributed by atoms with Crippen LogP contribution in [-0.2, 0) is 38.0 Å². The molecule has 13 atom stereocenters. The van der Waals surface area contributed by atoms with Crippen LogP contribution < -0.4 is 0 Å². The van der Waals surface area contributed by atoms with Gasteiger partial charge in [-0.15, -0.1) is 0 Å². The van der Waals surface area contributed by atoms with E-state index in [4.69, 9.17) is 28.4 Å². The second kappa shape index (κ2) is 17.1. The van der Waals surface area contributed by atoms with Gasteiger partial charge in [-0.1, -0.05) is 70.6 Å². The zero-order chi connectivity index (χ0) is 40.5. The second-order valence-corrected chi connectivity index (χ2v) is 17.0. The fourth-order valence-corrected chi connectivity index (χ4v) is 8.88. The van der Waals surface area contributed by atoms with Crippen molar-refractivity contribution >= 4 is 17.9 Å². The Morgan fingerprint density at radius 2 is 1.88 bits per heavy atom. The first-order valence-electron chi connectivity index (χ1n) is 20.0. The van der Waals surface area contributed by atoms with Crippen molar-refractivity contribution in [1.82, 2.24) is 4.98 Å². The number of carbonyl (C=O) groups excluding carboxylic acids is 3. The summed E-state index contributed by atoms with van der Waals surface area (Å²) in [5, 5.41) is 36.1. The molecule has 13 nitrogen and oxygen atoms in total. The molecule has 6 rings (SSSR count). The van der Waals surface area contributed by atoms with Crippen LogP contribution in [0.4, 0.5) is 0 Å². The van der Waals surface area contributed by atoms with Gasteiger partial charge >= 0.3 is 17.9 Å². The van der Waals surface area contributed by atoms with Crippen molar-refractivity contribution < 1.29 is 58.1 Å². The molecule has 5 heterocycles. The van der Waals surface area contributed by atoms with E-state index in [0.29, 0.717) is 18.4 Å².